The first-order valence-corrected chi connectivity index (χ1v) is 11.1. The van der Waals surface area contributed by atoms with Gasteiger partial charge in [0.05, 0.1) is 25.5 Å². The Balaban J connectivity index is 1.90. The maximum Gasteiger partial charge on any atom is 0.327 e. The fourth-order valence-electron chi connectivity index (χ4n) is 3.21. The molecular weight excluding hydrogens is 482 g/mol. The molecule has 2 aromatic carbocycles. The number of aliphatic carboxylic acids is 2. The summed E-state index contributed by atoms with van der Waals surface area (Å²) in [4.78, 5) is 36.5. The number of methoxy groups -OCH3 is 2. The number of carboxylic acids is 2. The van der Waals surface area contributed by atoms with E-state index in [0.29, 0.717) is 22.8 Å². The average molecular weight is 504 g/mol. The predicted octanol–water partition coefficient (Wildman–Crippen LogP) is 3.41. The summed E-state index contributed by atoms with van der Waals surface area (Å²) < 4.78 is 16.8. The van der Waals surface area contributed by atoms with Crippen LogP contribution in [0.4, 0.5) is 0 Å². The zero-order chi connectivity index (χ0) is 24.8. The Hall–Kier alpha value is -3.57. The van der Waals surface area contributed by atoms with Crippen molar-refractivity contribution >= 4 is 52.2 Å². The third kappa shape index (κ3) is 5.67. The number of benzene rings is 2. The standard InChI is InChI=1S/C23H21NO8S2/c1-30-16-8-14(9-17(31-2)20(16)32-12-13-6-4-3-5-7-13)10-18-21(27)24(23(33)34-18)15(22(28)29)11-19(25)26/h3-10,15H,11-12H2,1-2H3,(H,25,26)(H,28,29)/b18-10-. The quantitative estimate of drug-likeness (QED) is 0.368. The number of nitrogens with zero attached hydrogens (tertiary/aromatic N) is 1. The normalized spacial score (nSPS) is 15.4. The number of carboxylic acid groups (broad SMARTS) is 2. The van der Waals surface area contributed by atoms with Crippen molar-refractivity contribution in [3.05, 3.63) is 58.5 Å². The summed E-state index contributed by atoms with van der Waals surface area (Å²) >= 11 is 6.05. The van der Waals surface area contributed by atoms with Crippen LogP contribution in [0.2, 0.25) is 0 Å². The number of thioether (sulfide) groups is 1. The highest BCUT2D eigenvalue weighted by molar-refractivity contribution is 8.26. The van der Waals surface area contributed by atoms with Crippen LogP contribution in [0.1, 0.15) is 17.5 Å². The van der Waals surface area contributed by atoms with Crippen LogP contribution in [0.5, 0.6) is 17.2 Å². The maximum absolute atomic E-state index is 12.9. The van der Waals surface area contributed by atoms with Crippen molar-refractivity contribution in [3.63, 3.8) is 0 Å². The number of ether oxygens (including phenoxy) is 3. The molecule has 1 aliphatic rings. The maximum atomic E-state index is 12.9. The Bertz CT molecular complexity index is 1120. The van der Waals surface area contributed by atoms with Gasteiger partial charge in [0.25, 0.3) is 5.91 Å². The van der Waals surface area contributed by atoms with Gasteiger partial charge in [-0.2, -0.15) is 0 Å². The second-order valence-electron chi connectivity index (χ2n) is 7.03. The molecule has 1 aliphatic heterocycles. The molecule has 2 N–H and O–H groups in total. The molecule has 3 rings (SSSR count). The van der Waals surface area contributed by atoms with E-state index >= 15 is 0 Å². The molecule has 1 amide bonds. The third-order valence-electron chi connectivity index (χ3n) is 4.79. The molecule has 0 aliphatic carbocycles. The molecule has 1 unspecified atom stereocenters. The second kappa shape index (κ2) is 11.0. The summed E-state index contributed by atoms with van der Waals surface area (Å²) in [6.45, 7) is 0.283. The predicted molar refractivity (Wildman–Crippen MR) is 129 cm³/mol. The Kier molecular flexibility index (Phi) is 8.13. The van der Waals surface area contributed by atoms with Gasteiger partial charge in [0.15, 0.2) is 11.5 Å². The highest BCUT2D eigenvalue weighted by Crippen LogP contribution is 2.41. The van der Waals surface area contributed by atoms with Crippen LogP contribution < -0.4 is 14.2 Å². The molecule has 1 saturated heterocycles. The number of hydrogen-bond donors (Lipinski definition) is 2. The van der Waals surface area contributed by atoms with Gasteiger partial charge in [0.2, 0.25) is 5.75 Å². The van der Waals surface area contributed by atoms with E-state index in [0.717, 1.165) is 22.2 Å². The number of amides is 1. The highest BCUT2D eigenvalue weighted by atomic mass is 32.2. The van der Waals surface area contributed by atoms with E-state index in [2.05, 4.69) is 0 Å². The molecule has 0 radical (unpaired) electrons. The van der Waals surface area contributed by atoms with Crippen LogP contribution in [0, 0.1) is 0 Å². The first-order chi connectivity index (χ1) is 16.2. The number of carbonyl (C=O) groups is 3. The molecule has 0 spiro atoms. The molecule has 11 heteroatoms. The largest absolute Gasteiger partial charge is 0.493 e. The minimum Gasteiger partial charge on any atom is -0.493 e. The lowest BCUT2D eigenvalue weighted by molar-refractivity contribution is -0.150. The number of rotatable bonds is 10. The first kappa shape index (κ1) is 25.1. The van der Waals surface area contributed by atoms with Crippen molar-refractivity contribution in [1.82, 2.24) is 4.90 Å². The van der Waals surface area contributed by atoms with Gasteiger partial charge in [0.1, 0.15) is 17.0 Å². The van der Waals surface area contributed by atoms with Gasteiger partial charge in [0, 0.05) is 0 Å². The summed E-state index contributed by atoms with van der Waals surface area (Å²) in [5.74, 6) is -2.39. The molecule has 0 aromatic heterocycles. The lowest BCUT2D eigenvalue weighted by Gasteiger charge is -2.21. The molecule has 9 nitrogen and oxygen atoms in total. The average Bonchev–Trinajstić information content (AvgIpc) is 3.08. The monoisotopic (exact) mass is 503 g/mol. The zero-order valence-corrected chi connectivity index (χ0v) is 19.9. The van der Waals surface area contributed by atoms with Gasteiger partial charge in [-0.05, 0) is 29.3 Å². The Morgan fingerprint density at radius 3 is 2.26 bits per heavy atom. The zero-order valence-electron chi connectivity index (χ0n) is 18.2. The molecule has 0 saturated carbocycles. The van der Waals surface area contributed by atoms with Gasteiger partial charge in [-0.3, -0.25) is 14.5 Å². The third-order valence-corrected chi connectivity index (χ3v) is 6.13. The highest BCUT2D eigenvalue weighted by Gasteiger charge is 2.41. The van der Waals surface area contributed by atoms with E-state index < -0.39 is 30.3 Å². The SMILES string of the molecule is COc1cc(/C=C2\SC(=S)N(C(CC(=O)O)C(=O)O)C2=O)cc(OC)c1OCc1ccccc1. The molecule has 1 fully saturated rings. The summed E-state index contributed by atoms with van der Waals surface area (Å²) in [5, 5.41) is 18.4. The molecular formula is C23H21NO8S2. The van der Waals surface area contributed by atoms with Crippen LogP contribution >= 0.6 is 24.0 Å². The van der Waals surface area contributed by atoms with Crippen molar-refractivity contribution in [1.29, 1.82) is 0 Å². The van der Waals surface area contributed by atoms with Crippen molar-refractivity contribution in [2.24, 2.45) is 0 Å². The molecule has 178 valence electrons. The first-order valence-electron chi connectivity index (χ1n) is 9.89. The number of carbonyl (C=O) groups excluding carboxylic acids is 1. The smallest absolute Gasteiger partial charge is 0.327 e. The van der Waals surface area contributed by atoms with Crippen LogP contribution in [0.25, 0.3) is 6.08 Å². The molecule has 1 heterocycles. The van der Waals surface area contributed by atoms with Crippen LogP contribution in [0.15, 0.2) is 47.4 Å². The van der Waals surface area contributed by atoms with Gasteiger partial charge >= 0.3 is 11.9 Å². The Morgan fingerprint density at radius 1 is 1.12 bits per heavy atom. The minimum absolute atomic E-state index is 0.0355. The van der Waals surface area contributed by atoms with E-state index in [4.69, 9.17) is 31.5 Å². The molecule has 1 atom stereocenters. The molecule has 2 aromatic rings. The number of thiocarbonyl (C=S) groups is 1. The Labute approximate surface area is 204 Å². The summed E-state index contributed by atoms with van der Waals surface area (Å²) in [6, 6.07) is 11.2. The topological polar surface area (TPSA) is 123 Å². The van der Waals surface area contributed by atoms with E-state index in [9.17, 15) is 19.5 Å². The van der Waals surface area contributed by atoms with Crippen molar-refractivity contribution in [2.75, 3.05) is 14.2 Å². The van der Waals surface area contributed by atoms with E-state index in [1.54, 1.807) is 12.1 Å². The van der Waals surface area contributed by atoms with Crippen molar-refractivity contribution in [2.45, 2.75) is 19.1 Å². The summed E-state index contributed by atoms with van der Waals surface area (Å²) in [5.41, 5.74) is 1.47. The number of hydrogen-bond acceptors (Lipinski definition) is 8. The van der Waals surface area contributed by atoms with Gasteiger partial charge in [-0.1, -0.05) is 54.3 Å². The van der Waals surface area contributed by atoms with Crippen LogP contribution in [-0.2, 0) is 21.0 Å². The van der Waals surface area contributed by atoms with E-state index in [-0.39, 0.29) is 15.8 Å². The molecule has 34 heavy (non-hydrogen) atoms. The lowest BCUT2D eigenvalue weighted by Crippen LogP contribution is -2.45. The van der Waals surface area contributed by atoms with Crippen molar-refractivity contribution in [3.8, 4) is 17.2 Å². The Morgan fingerprint density at radius 2 is 1.74 bits per heavy atom. The summed E-state index contributed by atoms with van der Waals surface area (Å²) in [7, 11) is 2.94. The molecule has 0 bridgehead atoms. The van der Waals surface area contributed by atoms with Gasteiger partial charge < -0.3 is 24.4 Å². The lowest BCUT2D eigenvalue weighted by atomic mass is 10.1. The van der Waals surface area contributed by atoms with Gasteiger partial charge in [-0.15, -0.1) is 0 Å². The van der Waals surface area contributed by atoms with E-state index in [1.165, 1.54) is 20.3 Å². The van der Waals surface area contributed by atoms with Crippen molar-refractivity contribution < 1.29 is 38.8 Å². The fraction of sp³-hybridized carbons (Fsp3) is 0.217. The fourth-order valence-corrected chi connectivity index (χ4v) is 4.57. The van der Waals surface area contributed by atoms with Crippen LogP contribution in [-0.4, -0.2) is 57.5 Å². The van der Waals surface area contributed by atoms with E-state index in [1.807, 2.05) is 30.3 Å². The second-order valence-corrected chi connectivity index (χ2v) is 8.71. The minimum atomic E-state index is -1.60. The van der Waals surface area contributed by atoms with Crippen LogP contribution in [0.3, 0.4) is 0 Å². The summed E-state index contributed by atoms with van der Waals surface area (Å²) in [6.07, 6.45) is 0.731. The van der Waals surface area contributed by atoms with Gasteiger partial charge in [-0.25, -0.2) is 4.79 Å².